The summed E-state index contributed by atoms with van der Waals surface area (Å²) in [7, 11) is 1.34. The van der Waals surface area contributed by atoms with Crippen LogP contribution in [0.15, 0.2) is 36.8 Å². The van der Waals surface area contributed by atoms with Crippen LogP contribution in [0.5, 0.6) is 0 Å². The summed E-state index contributed by atoms with van der Waals surface area (Å²) in [6.45, 7) is 4.03. The van der Waals surface area contributed by atoms with Gasteiger partial charge < -0.3 is 9.30 Å². The van der Waals surface area contributed by atoms with Crippen molar-refractivity contribution in [2.75, 3.05) is 7.11 Å². The average Bonchev–Trinajstić information content (AvgIpc) is 2.94. The number of esters is 1. The molecule has 0 saturated carbocycles. The van der Waals surface area contributed by atoms with Crippen molar-refractivity contribution in [2.24, 2.45) is 5.41 Å². The molecule has 1 aromatic heterocycles. The Hall–Kier alpha value is -2.17. The van der Waals surface area contributed by atoms with Gasteiger partial charge in [-0.1, -0.05) is 38.1 Å². The summed E-state index contributed by atoms with van der Waals surface area (Å²) in [4.78, 5) is 16.1. The molecule has 2 atom stereocenters. The Kier molecular flexibility index (Phi) is 3.51. The number of rotatable bonds is 2. The topological polar surface area (TPSA) is 44.1 Å². The minimum Gasteiger partial charge on any atom is -0.464 e. The van der Waals surface area contributed by atoms with Crippen molar-refractivity contribution < 1.29 is 13.9 Å². The van der Waals surface area contributed by atoms with Crippen molar-refractivity contribution in [1.82, 2.24) is 9.55 Å². The van der Waals surface area contributed by atoms with E-state index in [9.17, 15) is 9.18 Å². The number of halogens is 1. The zero-order valence-corrected chi connectivity index (χ0v) is 12.9. The molecule has 4 nitrogen and oxygen atoms in total. The molecule has 116 valence electrons. The predicted octanol–water partition coefficient (Wildman–Crippen LogP) is 3.70. The molecule has 22 heavy (non-hydrogen) atoms. The van der Waals surface area contributed by atoms with E-state index in [1.165, 1.54) is 13.3 Å². The molecule has 0 aliphatic heterocycles. The van der Waals surface area contributed by atoms with Gasteiger partial charge in [-0.15, -0.1) is 0 Å². The second-order valence-electron chi connectivity index (χ2n) is 6.37. The van der Waals surface area contributed by atoms with Gasteiger partial charge in [0, 0.05) is 0 Å². The summed E-state index contributed by atoms with van der Waals surface area (Å²) < 4.78 is 21.1. The first-order valence-corrected chi connectivity index (χ1v) is 7.28. The van der Waals surface area contributed by atoms with Crippen LogP contribution in [0.2, 0.25) is 0 Å². The lowest BCUT2D eigenvalue weighted by molar-refractivity contribution is 0.0577. The first-order valence-electron chi connectivity index (χ1n) is 7.28. The third-order valence-electron chi connectivity index (χ3n) is 4.41. The lowest BCUT2D eigenvalue weighted by Crippen LogP contribution is -2.35. The van der Waals surface area contributed by atoms with E-state index in [0.717, 1.165) is 5.56 Å². The zero-order chi connectivity index (χ0) is 15.9. The van der Waals surface area contributed by atoms with Crippen LogP contribution >= 0.6 is 0 Å². The van der Waals surface area contributed by atoms with E-state index in [1.807, 2.05) is 38.1 Å². The van der Waals surface area contributed by atoms with Crippen molar-refractivity contribution >= 4 is 5.97 Å². The standard InChI is InChI=1S/C17H19FN2O2/c1-17(2)8-13(18)11-6-4-5-7-12(11)15(17)20-10-19-9-14(20)16(21)22-3/h4-7,9-10,13,15H,8H2,1-3H3/t13-,15-/m0/s1. The van der Waals surface area contributed by atoms with Gasteiger partial charge in [0.15, 0.2) is 0 Å². The Labute approximate surface area is 128 Å². The molecule has 3 rings (SSSR count). The fraction of sp³-hybridized carbons (Fsp3) is 0.412. The highest BCUT2D eigenvalue weighted by molar-refractivity contribution is 5.87. The highest BCUT2D eigenvalue weighted by Gasteiger charge is 2.42. The number of benzene rings is 1. The van der Waals surface area contributed by atoms with Crippen LogP contribution in [0, 0.1) is 5.41 Å². The van der Waals surface area contributed by atoms with Crippen LogP contribution in [0.3, 0.4) is 0 Å². The van der Waals surface area contributed by atoms with Crippen LogP contribution in [-0.4, -0.2) is 22.6 Å². The Morgan fingerprint density at radius 3 is 2.73 bits per heavy atom. The fourth-order valence-corrected chi connectivity index (χ4v) is 3.45. The van der Waals surface area contributed by atoms with Gasteiger partial charge in [0.05, 0.1) is 25.7 Å². The molecule has 0 radical (unpaired) electrons. The van der Waals surface area contributed by atoms with Crippen LogP contribution < -0.4 is 0 Å². The number of alkyl halides is 1. The van der Waals surface area contributed by atoms with Crippen LogP contribution in [0.25, 0.3) is 0 Å². The van der Waals surface area contributed by atoms with Gasteiger partial charge >= 0.3 is 5.97 Å². The number of fused-ring (bicyclic) bond motifs is 1. The Balaban J connectivity index is 2.19. The lowest BCUT2D eigenvalue weighted by atomic mass is 9.69. The van der Waals surface area contributed by atoms with Gasteiger partial charge in [-0.2, -0.15) is 0 Å². The molecule has 1 aromatic carbocycles. The molecular formula is C17H19FN2O2. The van der Waals surface area contributed by atoms with E-state index < -0.39 is 12.1 Å². The number of methoxy groups -OCH3 is 1. The third kappa shape index (κ3) is 2.21. The normalized spacial score (nSPS) is 22.9. The molecule has 0 spiro atoms. The molecule has 1 aliphatic rings. The summed E-state index contributed by atoms with van der Waals surface area (Å²) >= 11 is 0. The maximum absolute atomic E-state index is 14.5. The van der Waals surface area contributed by atoms with Crippen LogP contribution in [0.1, 0.15) is 54.1 Å². The number of carbonyl (C=O) groups excluding carboxylic acids is 1. The lowest BCUT2D eigenvalue weighted by Gasteiger charge is -2.42. The smallest absolute Gasteiger partial charge is 0.356 e. The van der Waals surface area contributed by atoms with Crippen molar-refractivity contribution in [3.63, 3.8) is 0 Å². The van der Waals surface area contributed by atoms with E-state index in [4.69, 9.17) is 4.74 Å². The molecule has 0 unspecified atom stereocenters. The van der Waals surface area contributed by atoms with Gasteiger partial charge in [-0.3, -0.25) is 0 Å². The predicted molar refractivity (Wildman–Crippen MR) is 80.4 cm³/mol. The Morgan fingerprint density at radius 1 is 1.36 bits per heavy atom. The second kappa shape index (κ2) is 5.23. The largest absolute Gasteiger partial charge is 0.464 e. The summed E-state index contributed by atoms with van der Waals surface area (Å²) in [5, 5.41) is 0. The highest BCUT2D eigenvalue weighted by Crippen LogP contribution is 2.51. The molecule has 0 fully saturated rings. The first-order chi connectivity index (χ1) is 10.5. The molecule has 1 aliphatic carbocycles. The van der Waals surface area contributed by atoms with Crippen molar-refractivity contribution in [3.05, 3.63) is 53.6 Å². The monoisotopic (exact) mass is 302 g/mol. The number of hydrogen-bond donors (Lipinski definition) is 0. The Bertz CT molecular complexity index is 708. The summed E-state index contributed by atoms with van der Waals surface area (Å²) in [5.74, 6) is -0.437. The zero-order valence-electron chi connectivity index (χ0n) is 12.9. The SMILES string of the molecule is COC(=O)c1cncn1[C@H]1c2ccccc2[C@@H](F)CC1(C)C. The molecule has 2 aromatic rings. The molecule has 0 amide bonds. The van der Waals surface area contributed by atoms with E-state index in [-0.39, 0.29) is 11.5 Å². The second-order valence-corrected chi connectivity index (χ2v) is 6.37. The van der Waals surface area contributed by atoms with Gasteiger partial charge in [-0.05, 0) is 23.0 Å². The molecular weight excluding hydrogens is 283 g/mol. The van der Waals surface area contributed by atoms with Crippen molar-refractivity contribution in [3.8, 4) is 0 Å². The average molecular weight is 302 g/mol. The van der Waals surface area contributed by atoms with Gasteiger partial charge in [-0.25, -0.2) is 14.2 Å². The van der Waals surface area contributed by atoms with E-state index in [0.29, 0.717) is 17.7 Å². The number of carbonyl (C=O) groups is 1. The summed E-state index contributed by atoms with van der Waals surface area (Å²) in [6, 6.07) is 7.32. The molecule has 0 N–H and O–H groups in total. The number of nitrogens with zero attached hydrogens (tertiary/aromatic N) is 2. The minimum atomic E-state index is -0.993. The quantitative estimate of drug-likeness (QED) is 0.795. The maximum Gasteiger partial charge on any atom is 0.356 e. The van der Waals surface area contributed by atoms with Gasteiger partial charge in [0.25, 0.3) is 0 Å². The number of aromatic nitrogens is 2. The first kappa shape index (κ1) is 14.8. The van der Waals surface area contributed by atoms with Crippen molar-refractivity contribution in [1.29, 1.82) is 0 Å². The van der Waals surface area contributed by atoms with Crippen LogP contribution in [0.4, 0.5) is 4.39 Å². The summed E-state index contributed by atoms with van der Waals surface area (Å²) in [6.07, 6.45) is 2.51. The third-order valence-corrected chi connectivity index (χ3v) is 4.41. The van der Waals surface area contributed by atoms with Gasteiger partial charge in [0.1, 0.15) is 11.9 Å². The fourth-order valence-electron chi connectivity index (χ4n) is 3.45. The minimum absolute atomic E-state index is 0.160. The highest BCUT2D eigenvalue weighted by atomic mass is 19.1. The molecule has 0 bridgehead atoms. The Morgan fingerprint density at radius 2 is 2.05 bits per heavy atom. The molecule has 5 heteroatoms. The number of hydrogen-bond acceptors (Lipinski definition) is 3. The number of imidazole rings is 1. The van der Waals surface area contributed by atoms with Crippen LogP contribution in [-0.2, 0) is 4.74 Å². The van der Waals surface area contributed by atoms with Crippen molar-refractivity contribution in [2.45, 2.75) is 32.5 Å². The van der Waals surface area contributed by atoms with E-state index >= 15 is 0 Å². The summed E-state index contributed by atoms with van der Waals surface area (Å²) in [5.41, 5.74) is 1.62. The molecule has 1 heterocycles. The number of ether oxygens (including phenoxy) is 1. The molecule has 0 saturated heterocycles. The van der Waals surface area contributed by atoms with E-state index in [1.54, 1.807) is 10.9 Å². The maximum atomic E-state index is 14.5. The van der Waals surface area contributed by atoms with Gasteiger partial charge in [0.2, 0.25) is 0 Å². The van der Waals surface area contributed by atoms with E-state index in [2.05, 4.69) is 4.98 Å².